The first kappa shape index (κ1) is 30.5. The lowest BCUT2D eigenvalue weighted by Gasteiger charge is -2.16. The Labute approximate surface area is 255 Å². The Bertz CT molecular complexity index is 1830. The second-order valence-electron chi connectivity index (χ2n) is 9.90. The summed E-state index contributed by atoms with van der Waals surface area (Å²) in [6.07, 6.45) is 1.37. The number of hydrogen-bond acceptors (Lipinski definition) is 11. The van der Waals surface area contributed by atoms with Gasteiger partial charge >= 0.3 is 6.09 Å². The molecule has 0 aliphatic heterocycles. The van der Waals surface area contributed by atoms with E-state index in [1.165, 1.54) is 47.7 Å². The van der Waals surface area contributed by atoms with E-state index >= 15 is 0 Å². The Morgan fingerprint density at radius 3 is 2.66 bits per heavy atom. The topological polar surface area (TPSA) is 149 Å². The Hall–Kier alpha value is -4.95. The van der Waals surface area contributed by atoms with Crippen molar-refractivity contribution in [1.82, 2.24) is 24.8 Å². The number of likely N-dealkylation sites (N-methyl/N-ethyl adjacent to an activating group) is 1. The molecule has 3 heterocycles. The molecule has 0 saturated heterocycles. The highest BCUT2D eigenvalue weighted by Gasteiger charge is 2.18. The third-order valence-corrected chi connectivity index (χ3v) is 7.49. The van der Waals surface area contributed by atoms with Crippen LogP contribution < -0.4 is 14.8 Å². The minimum absolute atomic E-state index is 0.00203. The molecule has 5 aromatic rings. The first-order valence-corrected chi connectivity index (χ1v) is 14.3. The first-order chi connectivity index (χ1) is 21.1. The second-order valence-corrected chi connectivity index (χ2v) is 10.9. The quantitative estimate of drug-likeness (QED) is 0.222. The lowest BCUT2D eigenvalue weighted by molar-refractivity contribution is 0.0761. The first-order valence-electron chi connectivity index (χ1n) is 13.5. The summed E-state index contributed by atoms with van der Waals surface area (Å²) in [6.45, 7) is 3.46. The molecule has 0 fully saturated rings. The summed E-state index contributed by atoms with van der Waals surface area (Å²) in [6, 6.07) is 9.70. The van der Waals surface area contributed by atoms with Gasteiger partial charge in [0, 0.05) is 31.3 Å². The molecule has 1 atom stereocenters. The summed E-state index contributed by atoms with van der Waals surface area (Å²) in [4.78, 5) is 43.6. The van der Waals surface area contributed by atoms with E-state index in [-0.39, 0.29) is 37.1 Å². The summed E-state index contributed by atoms with van der Waals surface area (Å²) in [5, 5.41) is 12.2. The number of thiazole rings is 1. The summed E-state index contributed by atoms with van der Waals surface area (Å²) >= 11 is 1.37. The van der Waals surface area contributed by atoms with Crippen molar-refractivity contribution < 1.29 is 33.3 Å². The maximum atomic E-state index is 15.0. The van der Waals surface area contributed by atoms with E-state index in [4.69, 9.17) is 19.3 Å². The van der Waals surface area contributed by atoms with Gasteiger partial charge in [-0.2, -0.15) is 0 Å². The van der Waals surface area contributed by atoms with Crippen LogP contribution in [0.1, 0.15) is 23.0 Å². The van der Waals surface area contributed by atoms with E-state index in [0.29, 0.717) is 37.8 Å². The molecule has 14 heteroatoms. The third kappa shape index (κ3) is 6.82. The van der Waals surface area contributed by atoms with Crippen LogP contribution in [0.25, 0.3) is 31.8 Å². The minimum Gasteiger partial charge on any atom is -0.487 e. The highest BCUT2D eigenvalue weighted by molar-refractivity contribution is 7.21. The molecule has 2 amide bonds. The molecule has 0 aliphatic carbocycles. The third-order valence-electron chi connectivity index (χ3n) is 6.44. The number of amides is 2. The normalized spacial score (nSPS) is 11.8. The van der Waals surface area contributed by atoms with Gasteiger partial charge in [-0.25, -0.2) is 29.1 Å². The fraction of sp³-hybridized carbons (Fsp3) is 0.267. The van der Waals surface area contributed by atoms with Gasteiger partial charge in [-0.15, -0.1) is 11.3 Å². The summed E-state index contributed by atoms with van der Waals surface area (Å²) in [7, 11) is 3.08. The number of methoxy groups -OCH3 is 1. The van der Waals surface area contributed by atoms with Gasteiger partial charge in [0.1, 0.15) is 23.4 Å². The molecule has 44 heavy (non-hydrogen) atoms. The number of ether oxygens (including phenoxy) is 3. The van der Waals surface area contributed by atoms with Crippen LogP contribution in [0.15, 0.2) is 48.8 Å². The van der Waals surface area contributed by atoms with Crippen LogP contribution in [-0.4, -0.2) is 82.0 Å². The van der Waals surface area contributed by atoms with Crippen molar-refractivity contribution in [3.05, 3.63) is 65.9 Å². The van der Waals surface area contributed by atoms with Crippen molar-refractivity contribution in [3.8, 4) is 22.2 Å². The molecular formula is C30H29FN6O6S. The van der Waals surface area contributed by atoms with Crippen molar-refractivity contribution >= 4 is 50.3 Å². The van der Waals surface area contributed by atoms with Gasteiger partial charge in [-0.05, 0) is 43.7 Å². The van der Waals surface area contributed by atoms with Crippen LogP contribution in [0.5, 0.6) is 11.6 Å². The molecule has 0 bridgehead atoms. The van der Waals surface area contributed by atoms with Crippen molar-refractivity contribution in [2.24, 2.45) is 0 Å². The smallest absolute Gasteiger partial charge is 0.412 e. The number of anilines is 1. The molecule has 5 rings (SSSR count). The molecule has 0 unspecified atom stereocenters. The monoisotopic (exact) mass is 620 g/mol. The second kappa shape index (κ2) is 13.1. The number of aromatic nitrogens is 4. The van der Waals surface area contributed by atoms with Crippen molar-refractivity contribution in [2.45, 2.75) is 20.0 Å². The molecule has 0 saturated carbocycles. The minimum atomic E-state index is -0.770. The average molecular weight is 621 g/mol. The lowest BCUT2D eigenvalue weighted by Crippen LogP contribution is -2.30. The molecule has 2 N–H and O–H groups in total. The van der Waals surface area contributed by atoms with E-state index < -0.39 is 18.0 Å². The van der Waals surface area contributed by atoms with Gasteiger partial charge in [-0.3, -0.25) is 10.1 Å². The number of pyridine rings is 1. The molecule has 0 aliphatic rings. The zero-order chi connectivity index (χ0) is 31.4. The molecule has 3 aromatic heterocycles. The predicted octanol–water partition coefficient (Wildman–Crippen LogP) is 4.84. The van der Waals surface area contributed by atoms with Gasteiger partial charge in [0.25, 0.3) is 5.91 Å². The number of benzene rings is 2. The number of hydrogen-bond donors (Lipinski definition) is 2. The molecule has 2 aromatic carbocycles. The largest absolute Gasteiger partial charge is 0.487 e. The SMILES string of the molecule is COc1cnc2c(-c3nc4cc(F)c(OC[C@@H](C)OC(=O)Nc5ccc(C(=O)N(C)CCO)nc5)cc4s3)cc(C)cc2n1. The molecule has 12 nitrogen and oxygen atoms in total. The van der Waals surface area contributed by atoms with E-state index in [9.17, 15) is 14.0 Å². The van der Waals surface area contributed by atoms with Crippen molar-refractivity contribution in [2.75, 3.05) is 39.2 Å². The van der Waals surface area contributed by atoms with Crippen LogP contribution in [0.4, 0.5) is 14.9 Å². The summed E-state index contributed by atoms with van der Waals surface area (Å²) in [5.41, 5.74) is 4.00. The predicted molar refractivity (Wildman–Crippen MR) is 163 cm³/mol. The lowest BCUT2D eigenvalue weighted by atomic mass is 10.1. The van der Waals surface area contributed by atoms with Gasteiger partial charge in [0.05, 0.1) is 53.0 Å². The Morgan fingerprint density at radius 1 is 1.11 bits per heavy atom. The van der Waals surface area contributed by atoms with Crippen molar-refractivity contribution in [3.63, 3.8) is 0 Å². The van der Waals surface area contributed by atoms with E-state index in [2.05, 4.69) is 25.3 Å². The van der Waals surface area contributed by atoms with E-state index in [1.807, 2.05) is 19.1 Å². The Kier molecular flexibility index (Phi) is 9.11. The van der Waals surface area contributed by atoms with E-state index in [0.717, 1.165) is 11.1 Å². The number of nitrogens with one attached hydrogen (secondary N) is 1. The average Bonchev–Trinajstić information content (AvgIpc) is 3.41. The van der Waals surface area contributed by atoms with Gasteiger partial charge in [0.2, 0.25) is 5.88 Å². The molecule has 0 radical (unpaired) electrons. The van der Waals surface area contributed by atoms with Crippen molar-refractivity contribution in [1.29, 1.82) is 0 Å². The number of carbonyl (C=O) groups is 2. The number of aliphatic hydroxyl groups excluding tert-OH is 1. The zero-order valence-corrected chi connectivity index (χ0v) is 25.1. The zero-order valence-electron chi connectivity index (χ0n) is 24.3. The maximum absolute atomic E-state index is 15.0. The molecule has 0 spiro atoms. The number of carbonyl (C=O) groups excluding carboxylic acids is 2. The Balaban J connectivity index is 1.22. The van der Waals surface area contributed by atoms with Gasteiger partial charge < -0.3 is 24.2 Å². The number of rotatable bonds is 10. The molecular weight excluding hydrogens is 591 g/mol. The fourth-order valence-electron chi connectivity index (χ4n) is 4.28. The number of aliphatic hydroxyl groups is 1. The van der Waals surface area contributed by atoms with E-state index in [1.54, 1.807) is 26.2 Å². The molecule has 228 valence electrons. The fourth-order valence-corrected chi connectivity index (χ4v) is 5.27. The van der Waals surface area contributed by atoms with Gasteiger partial charge in [-0.1, -0.05) is 0 Å². The Morgan fingerprint density at radius 2 is 1.93 bits per heavy atom. The number of fused-ring (bicyclic) bond motifs is 2. The van der Waals surface area contributed by atoms with Crippen LogP contribution in [0, 0.1) is 12.7 Å². The maximum Gasteiger partial charge on any atom is 0.412 e. The number of nitrogens with zero attached hydrogens (tertiary/aromatic N) is 5. The highest BCUT2D eigenvalue weighted by Crippen LogP contribution is 2.37. The van der Waals surface area contributed by atoms with Crippen LogP contribution >= 0.6 is 11.3 Å². The number of aryl methyl sites for hydroxylation is 1. The summed E-state index contributed by atoms with van der Waals surface area (Å²) in [5.74, 6) is -0.563. The number of halogens is 1. The van der Waals surface area contributed by atoms with Gasteiger partial charge in [0.15, 0.2) is 11.6 Å². The van der Waals surface area contributed by atoms with Crippen LogP contribution in [0.3, 0.4) is 0 Å². The standard InChI is InChI=1S/C30H29FN6O6S/c1-16-9-19(27-23(10-16)35-26(41-4)14-33-27)28-36-22-11-20(31)24(12-25(22)44-28)42-15-17(2)43-30(40)34-18-5-6-21(32-13-18)29(39)37(3)7-8-38/h5-6,9-14,17,38H,7-8,15H2,1-4H3,(H,34,40)/t17-/m1/s1. The van der Waals surface area contributed by atoms with Crippen LogP contribution in [-0.2, 0) is 4.74 Å². The van der Waals surface area contributed by atoms with Crippen LogP contribution in [0.2, 0.25) is 0 Å². The summed E-state index contributed by atoms with van der Waals surface area (Å²) < 4.78 is 31.8. The highest BCUT2D eigenvalue weighted by atomic mass is 32.1.